The number of furan rings is 2. The smallest absolute Gasteiger partial charge is 0.248 e. The summed E-state index contributed by atoms with van der Waals surface area (Å²) in [5.41, 5.74) is 7.57. The summed E-state index contributed by atoms with van der Waals surface area (Å²) < 4.78 is 11.0. The largest absolute Gasteiger partial charge is 0.463 e. The van der Waals surface area contributed by atoms with Crippen LogP contribution in [-0.4, -0.2) is 27.5 Å². The molecule has 0 saturated carbocycles. The molecular weight excluding hydrogens is 404 g/mol. The summed E-state index contributed by atoms with van der Waals surface area (Å²) in [6.07, 6.45) is 3.47. The van der Waals surface area contributed by atoms with E-state index in [2.05, 4.69) is 15.3 Å². The van der Waals surface area contributed by atoms with Crippen LogP contribution in [0.4, 0.5) is 5.69 Å². The van der Waals surface area contributed by atoms with E-state index in [0.717, 1.165) is 5.69 Å². The number of carbonyl (C=O) groups is 2. The van der Waals surface area contributed by atoms with Crippen molar-refractivity contribution >= 4 is 29.3 Å². The minimum atomic E-state index is -0.509. The molecule has 2 amide bonds. The number of amides is 2. The molecule has 0 spiro atoms. The summed E-state index contributed by atoms with van der Waals surface area (Å²) in [6, 6.07) is 13.7. The molecule has 0 radical (unpaired) electrons. The highest BCUT2D eigenvalue weighted by molar-refractivity contribution is 7.99. The number of imidazole rings is 1. The van der Waals surface area contributed by atoms with E-state index >= 15 is 0 Å². The van der Waals surface area contributed by atoms with E-state index in [9.17, 15) is 9.59 Å². The number of nitrogens with one attached hydrogen (secondary N) is 2. The van der Waals surface area contributed by atoms with Gasteiger partial charge in [-0.05, 0) is 48.5 Å². The van der Waals surface area contributed by atoms with Crippen LogP contribution in [0.2, 0.25) is 0 Å². The molecule has 4 rings (SSSR count). The van der Waals surface area contributed by atoms with Gasteiger partial charge < -0.3 is 24.9 Å². The molecule has 0 unspecified atom stereocenters. The Labute approximate surface area is 175 Å². The summed E-state index contributed by atoms with van der Waals surface area (Å²) in [5.74, 6) is 1.15. The minimum Gasteiger partial charge on any atom is -0.463 e. The molecule has 0 aliphatic rings. The zero-order valence-corrected chi connectivity index (χ0v) is 16.6. The third-order valence-electron chi connectivity index (χ3n) is 4.23. The fourth-order valence-corrected chi connectivity index (χ4v) is 3.60. The first-order chi connectivity index (χ1) is 14.6. The predicted octanol–water partition coefficient (Wildman–Crippen LogP) is 4.15. The van der Waals surface area contributed by atoms with Gasteiger partial charge in [0.05, 0.1) is 12.5 Å². The lowest BCUT2D eigenvalue weighted by molar-refractivity contribution is -0.115. The topological polar surface area (TPSA) is 127 Å². The van der Waals surface area contributed by atoms with Crippen LogP contribution in [0.5, 0.6) is 0 Å². The van der Waals surface area contributed by atoms with Crippen molar-refractivity contribution < 1.29 is 18.4 Å². The van der Waals surface area contributed by atoms with Gasteiger partial charge in [-0.15, -0.1) is 0 Å². The zero-order chi connectivity index (χ0) is 20.9. The Kier molecular flexibility index (Phi) is 5.71. The Morgan fingerprint density at radius 2 is 1.73 bits per heavy atom. The summed E-state index contributed by atoms with van der Waals surface area (Å²) in [4.78, 5) is 31.1. The van der Waals surface area contributed by atoms with E-state index in [-0.39, 0.29) is 12.3 Å². The fraction of sp³-hybridized carbons (Fsp3) is 0.0952. The highest BCUT2D eigenvalue weighted by Crippen LogP contribution is 2.33. The number of nitrogens with two attached hydrogens (primary N) is 1. The number of carbonyl (C=O) groups excluding carboxylic acids is 2. The Bertz CT molecular complexity index is 1080. The molecule has 1 aromatic carbocycles. The Morgan fingerprint density at radius 1 is 1.03 bits per heavy atom. The highest BCUT2D eigenvalue weighted by atomic mass is 32.2. The molecule has 4 N–H and O–H groups in total. The second-order valence-electron chi connectivity index (χ2n) is 6.31. The zero-order valence-electron chi connectivity index (χ0n) is 15.8. The minimum absolute atomic E-state index is 0.140. The number of aromatic amines is 1. The molecule has 4 aromatic rings. The molecule has 152 valence electrons. The highest BCUT2D eigenvalue weighted by Gasteiger charge is 2.18. The van der Waals surface area contributed by atoms with E-state index < -0.39 is 5.91 Å². The Balaban J connectivity index is 1.37. The van der Waals surface area contributed by atoms with Crippen LogP contribution in [0.3, 0.4) is 0 Å². The number of benzene rings is 1. The molecule has 0 atom stereocenters. The Hall–Kier alpha value is -3.72. The quantitative estimate of drug-likeness (QED) is 0.366. The van der Waals surface area contributed by atoms with Gasteiger partial charge in [0.2, 0.25) is 11.8 Å². The third-order valence-corrected chi connectivity index (χ3v) is 5.10. The number of hydrogen-bond acceptors (Lipinski definition) is 6. The maximum absolute atomic E-state index is 12.2. The second kappa shape index (κ2) is 8.75. The van der Waals surface area contributed by atoms with Crippen LogP contribution in [-0.2, 0) is 4.79 Å². The molecule has 3 heterocycles. The molecular formula is C21H18N4O4S. The average Bonchev–Trinajstić information content (AvgIpc) is 3.49. The first-order valence-electron chi connectivity index (χ1n) is 9.10. The SMILES string of the molecule is NC(=O)c1ccc(NC(=O)CCSc2nc(-c3ccco3)c(-c3ccco3)[nH]2)cc1. The second-order valence-corrected chi connectivity index (χ2v) is 7.39. The lowest BCUT2D eigenvalue weighted by atomic mass is 10.2. The number of H-pyrrole nitrogens is 1. The van der Waals surface area contributed by atoms with Gasteiger partial charge in [0.15, 0.2) is 16.7 Å². The normalized spacial score (nSPS) is 10.8. The van der Waals surface area contributed by atoms with Crippen molar-refractivity contribution in [2.45, 2.75) is 11.6 Å². The standard InChI is InChI=1S/C21H18N4O4S/c22-20(27)13-5-7-14(8-6-13)23-17(26)9-12-30-21-24-18(15-3-1-10-28-15)19(25-21)16-4-2-11-29-16/h1-8,10-11H,9,12H2,(H2,22,27)(H,23,26)(H,24,25). The van der Waals surface area contributed by atoms with E-state index in [0.29, 0.717) is 39.4 Å². The number of nitrogens with zero attached hydrogens (tertiary/aromatic N) is 1. The fourth-order valence-electron chi connectivity index (χ4n) is 2.79. The van der Waals surface area contributed by atoms with Crippen molar-refractivity contribution in [2.24, 2.45) is 5.73 Å². The number of rotatable bonds is 8. The van der Waals surface area contributed by atoms with E-state index in [4.69, 9.17) is 14.6 Å². The number of aromatic nitrogens is 2. The average molecular weight is 422 g/mol. The van der Waals surface area contributed by atoms with Crippen molar-refractivity contribution in [1.82, 2.24) is 9.97 Å². The first kappa shape index (κ1) is 19.6. The van der Waals surface area contributed by atoms with Crippen molar-refractivity contribution in [3.8, 4) is 22.9 Å². The summed E-state index contributed by atoms with van der Waals surface area (Å²) in [5, 5.41) is 3.45. The van der Waals surface area contributed by atoms with Crippen molar-refractivity contribution in [1.29, 1.82) is 0 Å². The van der Waals surface area contributed by atoms with E-state index in [1.165, 1.54) is 11.8 Å². The maximum atomic E-state index is 12.2. The monoisotopic (exact) mass is 422 g/mol. The number of anilines is 1. The molecule has 9 heteroatoms. The Morgan fingerprint density at radius 3 is 2.37 bits per heavy atom. The van der Waals surface area contributed by atoms with Gasteiger partial charge in [-0.1, -0.05) is 11.8 Å². The van der Waals surface area contributed by atoms with Crippen molar-refractivity contribution in [3.05, 3.63) is 66.6 Å². The van der Waals surface area contributed by atoms with Gasteiger partial charge in [-0.3, -0.25) is 9.59 Å². The van der Waals surface area contributed by atoms with Crippen molar-refractivity contribution in [3.63, 3.8) is 0 Å². The number of hydrogen-bond donors (Lipinski definition) is 3. The van der Waals surface area contributed by atoms with Gasteiger partial charge in [0.1, 0.15) is 11.4 Å². The van der Waals surface area contributed by atoms with E-state index in [1.807, 2.05) is 12.1 Å². The van der Waals surface area contributed by atoms with Crippen LogP contribution in [0, 0.1) is 0 Å². The summed E-state index contributed by atoms with van der Waals surface area (Å²) in [7, 11) is 0. The van der Waals surface area contributed by atoms with E-state index in [1.54, 1.807) is 48.9 Å². The third kappa shape index (κ3) is 4.47. The molecule has 8 nitrogen and oxygen atoms in total. The summed E-state index contributed by atoms with van der Waals surface area (Å²) >= 11 is 1.42. The van der Waals surface area contributed by atoms with Crippen molar-refractivity contribution in [2.75, 3.05) is 11.1 Å². The van der Waals surface area contributed by atoms with Gasteiger partial charge >= 0.3 is 0 Å². The van der Waals surface area contributed by atoms with Gasteiger partial charge in [-0.2, -0.15) is 0 Å². The number of thioether (sulfide) groups is 1. The van der Waals surface area contributed by atoms with Gasteiger partial charge in [0.25, 0.3) is 0 Å². The molecule has 0 aliphatic heterocycles. The van der Waals surface area contributed by atoms with Gasteiger partial charge in [-0.25, -0.2) is 4.98 Å². The lowest BCUT2D eigenvalue weighted by Crippen LogP contribution is -2.13. The maximum Gasteiger partial charge on any atom is 0.248 e. The van der Waals surface area contributed by atoms with Crippen LogP contribution in [0.25, 0.3) is 22.9 Å². The number of primary amides is 1. The first-order valence-corrected chi connectivity index (χ1v) is 10.1. The molecule has 0 bridgehead atoms. The molecule has 0 saturated heterocycles. The van der Waals surface area contributed by atoms with Crippen LogP contribution in [0.15, 0.2) is 75.0 Å². The molecule has 3 aromatic heterocycles. The van der Waals surface area contributed by atoms with Crippen LogP contribution < -0.4 is 11.1 Å². The van der Waals surface area contributed by atoms with Crippen LogP contribution >= 0.6 is 11.8 Å². The van der Waals surface area contributed by atoms with Crippen LogP contribution in [0.1, 0.15) is 16.8 Å². The summed E-state index contributed by atoms with van der Waals surface area (Å²) in [6.45, 7) is 0. The molecule has 0 aliphatic carbocycles. The molecule has 0 fully saturated rings. The molecule has 30 heavy (non-hydrogen) atoms. The van der Waals surface area contributed by atoms with Gasteiger partial charge in [0, 0.05) is 23.4 Å². The lowest BCUT2D eigenvalue weighted by Gasteiger charge is -2.05. The predicted molar refractivity (Wildman–Crippen MR) is 113 cm³/mol.